The van der Waals surface area contributed by atoms with Gasteiger partial charge in [0, 0.05) is 44.4 Å². The number of hydrogen-bond acceptors (Lipinski definition) is 3. The lowest BCUT2D eigenvalue weighted by Gasteiger charge is -2.29. The van der Waals surface area contributed by atoms with Gasteiger partial charge in [0.05, 0.1) is 6.61 Å². The van der Waals surface area contributed by atoms with Gasteiger partial charge in [-0.25, -0.2) is 4.98 Å². The highest BCUT2D eigenvalue weighted by molar-refractivity contribution is 5.75. The predicted molar refractivity (Wildman–Crippen MR) is 73.1 cm³/mol. The van der Waals surface area contributed by atoms with E-state index in [0.717, 1.165) is 12.2 Å². The van der Waals surface area contributed by atoms with Crippen LogP contribution in [0.4, 0.5) is 0 Å². The third kappa shape index (κ3) is 3.56. The van der Waals surface area contributed by atoms with Crippen LogP contribution in [0, 0.1) is 6.92 Å². The Morgan fingerprint density at radius 1 is 1.58 bits per heavy atom. The normalized spacial score (nSPS) is 15.3. The Labute approximate surface area is 114 Å². The first-order valence-electron chi connectivity index (χ1n) is 7.00. The zero-order valence-electron chi connectivity index (χ0n) is 11.8. The Morgan fingerprint density at radius 2 is 2.37 bits per heavy atom. The molecule has 106 valence electrons. The molecule has 1 aliphatic carbocycles. The molecule has 1 fully saturated rings. The van der Waals surface area contributed by atoms with Crippen LogP contribution < -0.4 is 5.32 Å². The van der Waals surface area contributed by atoms with E-state index in [1.807, 2.05) is 6.20 Å². The Bertz CT molecular complexity index is 424. The van der Waals surface area contributed by atoms with Gasteiger partial charge in [0.2, 0.25) is 5.91 Å². The molecule has 5 nitrogen and oxygen atoms in total. The molecule has 0 aliphatic heterocycles. The van der Waals surface area contributed by atoms with Crippen molar-refractivity contribution >= 4 is 5.91 Å². The lowest BCUT2D eigenvalue weighted by molar-refractivity contribution is -0.121. The Morgan fingerprint density at radius 3 is 3.00 bits per heavy atom. The molecule has 1 N–H and O–H groups in total. The maximum absolute atomic E-state index is 11.5. The summed E-state index contributed by atoms with van der Waals surface area (Å²) >= 11 is 0. The summed E-state index contributed by atoms with van der Waals surface area (Å²) in [5, 5.41) is 2.91. The fourth-order valence-electron chi connectivity index (χ4n) is 2.42. The van der Waals surface area contributed by atoms with Gasteiger partial charge in [0.1, 0.15) is 5.82 Å². The molecule has 1 aromatic rings. The minimum absolute atomic E-state index is 0.0420. The fourth-order valence-corrected chi connectivity index (χ4v) is 2.42. The number of ether oxygens (including phenoxy) is 1. The van der Waals surface area contributed by atoms with Crippen LogP contribution in [0.1, 0.15) is 43.2 Å². The number of carbonyl (C=O) groups is 1. The van der Waals surface area contributed by atoms with Gasteiger partial charge in [0.15, 0.2) is 0 Å². The molecule has 1 heterocycles. The highest BCUT2D eigenvalue weighted by Gasteiger charge is 2.23. The fraction of sp³-hybridized carbons (Fsp3) is 0.714. The van der Waals surface area contributed by atoms with Crippen molar-refractivity contribution in [2.24, 2.45) is 0 Å². The van der Waals surface area contributed by atoms with Gasteiger partial charge in [-0.05, 0) is 26.2 Å². The van der Waals surface area contributed by atoms with E-state index in [1.165, 1.54) is 25.0 Å². The number of imidazole rings is 1. The van der Waals surface area contributed by atoms with Crippen molar-refractivity contribution in [2.45, 2.75) is 45.1 Å². The summed E-state index contributed by atoms with van der Waals surface area (Å²) in [4.78, 5) is 15.9. The molecule has 1 amide bonds. The molecular formula is C14H23N3O2. The minimum atomic E-state index is 0.0420. The lowest BCUT2D eigenvalue weighted by Crippen LogP contribution is -2.28. The number of nitrogens with one attached hydrogen (secondary N) is 1. The van der Waals surface area contributed by atoms with Crippen LogP contribution in [0.25, 0.3) is 0 Å². The summed E-state index contributed by atoms with van der Waals surface area (Å²) < 4.78 is 7.21. The van der Waals surface area contributed by atoms with Crippen LogP contribution in [0.3, 0.4) is 0 Å². The number of methoxy groups -OCH3 is 1. The third-order valence-corrected chi connectivity index (χ3v) is 3.70. The van der Waals surface area contributed by atoms with E-state index in [9.17, 15) is 4.79 Å². The average Bonchev–Trinajstić information content (AvgIpc) is 2.67. The van der Waals surface area contributed by atoms with E-state index in [-0.39, 0.29) is 5.91 Å². The summed E-state index contributed by atoms with van der Waals surface area (Å²) in [7, 11) is 1.60. The largest absolute Gasteiger partial charge is 0.384 e. The van der Waals surface area contributed by atoms with Crippen molar-refractivity contribution in [3.63, 3.8) is 0 Å². The van der Waals surface area contributed by atoms with Gasteiger partial charge in [-0.1, -0.05) is 0 Å². The topological polar surface area (TPSA) is 56.1 Å². The number of rotatable bonds is 7. The van der Waals surface area contributed by atoms with E-state index < -0.39 is 0 Å². The Kier molecular flexibility index (Phi) is 4.96. The first-order valence-corrected chi connectivity index (χ1v) is 7.00. The van der Waals surface area contributed by atoms with Gasteiger partial charge >= 0.3 is 0 Å². The number of amides is 1. The van der Waals surface area contributed by atoms with Gasteiger partial charge in [0.25, 0.3) is 0 Å². The van der Waals surface area contributed by atoms with Crippen molar-refractivity contribution in [3.05, 3.63) is 17.7 Å². The first-order chi connectivity index (χ1) is 9.22. The molecule has 1 saturated carbocycles. The van der Waals surface area contributed by atoms with E-state index in [1.54, 1.807) is 7.11 Å². The van der Waals surface area contributed by atoms with Crippen molar-refractivity contribution < 1.29 is 9.53 Å². The van der Waals surface area contributed by atoms with Gasteiger partial charge in [-0.2, -0.15) is 0 Å². The van der Waals surface area contributed by atoms with Crippen LogP contribution in [-0.2, 0) is 16.0 Å². The smallest absolute Gasteiger partial charge is 0.222 e. The molecular weight excluding hydrogens is 242 g/mol. The number of hydrogen-bond donors (Lipinski definition) is 1. The monoisotopic (exact) mass is 265 g/mol. The van der Waals surface area contributed by atoms with Crippen LogP contribution in [-0.4, -0.2) is 35.7 Å². The Balaban J connectivity index is 1.81. The van der Waals surface area contributed by atoms with Crippen molar-refractivity contribution in [2.75, 3.05) is 20.3 Å². The molecule has 2 rings (SSSR count). The SMILES string of the molecule is COCCC(=O)NCCc1ncc(C)n1C1CCC1. The summed E-state index contributed by atoms with van der Waals surface area (Å²) in [5.74, 6) is 1.13. The van der Waals surface area contributed by atoms with Crippen LogP contribution in [0.15, 0.2) is 6.20 Å². The first kappa shape index (κ1) is 14.1. The summed E-state index contributed by atoms with van der Waals surface area (Å²) in [6.07, 6.45) is 6.97. The van der Waals surface area contributed by atoms with E-state index in [2.05, 4.69) is 21.8 Å². The molecule has 19 heavy (non-hydrogen) atoms. The van der Waals surface area contributed by atoms with E-state index in [0.29, 0.717) is 25.6 Å². The molecule has 0 spiro atoms. The highest BCUT2D eigenvalue weighted by Crippen LogP contribution is 2.33. The number of aromatic nitrogens is 2. The zero-order chi connectivity index (χ0) is 13.7. The molecule has 1 aromatic heterocycles. The average molecular weight is 265 g/mol. The molecule has 5 heteroatoms. The highest BCUT2D eigenvalue weighted by atomic mass is 16.5. The van der Waals surface area contributed by atoms with Gasteiger partial charge < -0.3 is 14.6 Å². The minimum Gasteiger partial charge on any atom is -0.384 e. The summed E-state index contributed by atoms with van der Waals surface area (Å²) in [6, 6.07) is 0.627. The Hall–Kier alpha value is -1.36. The number of nitrogens with zero attached hydrogens (tertiary/aromatic N) is 2. The second-order valence-corrected chi connectivity index (χ2v) is 5.11. The quantitative estimate of drug-likeness (QED) is 0.815. The maximum Gasteiger partial charge on any atom is 0.222 e. The number of carbonyl (C=O) groups excluding carboxylic acids is 1. The second-order valence-electron chi connectivity index (χ2n) is 5.11. The van der Waals surface area contributed by atoms with Gasteiger partial charge in [-0.15, -0.1) is 0 Å². The van der Waals surface area contributed by atoms with Crippen molar-refractivity contribution in [1.82, 2.24) is 14.9 Å². The predicted octanol–water partition coefficient (Wildman–Crippen LogP) is 1.61. The standard InChI is InChI=1S/C14H23N3O2/c1-11-10-16-13(17(11)12-4-3-5-12)6-8-15-14(18)7-9-19-2/h10,12H,3-9H2,1-2H3,(H,15,18). The molecule has 0 radical (unpaired) electrons. The van der Waals surface area contributed by atoms with Crippen LogP contribution in [0.5, 0.6) is 0 Å². The molecule has 0 aromatic carbocycles. The zero-order valence-corrected chi connectivity index (χ0v) is 11.8. The molecule has 1 aliphatic rings. The number of aryl methyl sites for hydroxylation is 1. The van der Waals surface area contributed by atoms with E-state index >= 15 is 0 Å². The maximum atomic E-state index is 11.5. The molecule has 0 saturated heterocycles. The summed E-state index contributed by atoms with van der Waals surface area (Å²) in [6.45, 7) is 3.22. The molecule has 0 unspecified atom stereocenters. The van der Waals surface area contributed by atoms with Crippen molar-refractivity contribution in [3.8, 4) is 0 Å². The van der Waals surface area contributed by atoms with Crippen molar-refractivity contribution in [1.29, 1.82) is 0 Å². The van der Waals surface area contributed by atoms with E-state index in [4.69, 9.17) is 4.74 Å². The van der Waals surface area contributed by atoms with Crippen LogP contribution in [0.2, 0.25) is 0 Å². The second kappa shape index (κ2) is 6.70. The van der Waals surface area contributed by atoms with Gasteiger partial charge in [-0.3, -0.25) is 4.79 Å². The van der Waals surface area contributed by atoms with Crippen LogP contribution >= 0.6 is 0 Å². The third-order valence-electron chi connectivity index (χ3n) is 3.70. The summed E-state index contributed by atoms with van der Waals surface area (Å²) in [5.41, 5.74) is 1.23. The lowest BCUT2D eigenvalue weighted by atomic mass is 9.92. The molecule has 0 bridgehead atoms. The molecule has 0 atom stereocenters.